The Hall–Kier alpha value is -2.67. The molecule has 6 nitrogen and oxygen atoms in total. The number of carbonyl (C=O) groups excluding carboxylic acids is 2. The van der Waals surface area contributed by atoms with Crippen molar-refractivity contribution in [1.82, 2.24) is 9.62 Å². The van der Waals surface area contributed by atoms with Gasteiger partial charge in [-0.25, -0.2) is 12.7 Å². The maximum absolute atomic E-state index is 12.5. The van der Waals surface area contributed by atoms with E-state index in [-0.39, 0.29) is 35.4 Å². The Morgan fingerprint density at radius 2 is 1.78 bits per heavy atom. The van der Waals surface area contributed by atoms with E-state index in [2.05, 4.69) is 5.32 Å². The molecule has 0 radical (unpaired) electrons. The van der Waals surface area contributed by atoms with Crippen molar-refractivity contribution in [3.63, 3.8) is 0 Å². The minimum atomic E-state index is -3.88. The minimum Gasteiger partial charge on any atom is -0.349 e. The van der Waals surface area contributed by atoms with Gasteiger partial charge in [-0.05, 0) is 31.0 Å². The van der Waals surface area contributed by atoms with Gasteiger partial charge in [-0.3, -0.25) is 9.59 Å². The molecule has 1 unspecified atom stereocenters. The van der Waals surface area contributed by atoms with Crippen LogP contribution in [0.5, 0.6) is 0 Å². The van der Waals surface area contributed by atoms with Crippen LogP contribution >= 0.6 is 0 Å². The lowest BCUT2D eigenvalue weighted by molar-refractivity contribution is -0.121. The van der Waals surface area contributed by atoms with Gasteiger partial charge in [0.1, 0.15) is 4.90 Å². The van der Waals surface area contributed by atoms with Crippen LogP contribution in [-0.2, 0) is 14.8 Å². The first-order valence-electron chi connectivity index (χ1n) is 8.86. The van der Waals surface area contributed by atoms with Crippen LogP contribution in [0.25, 0.3) is 0 Å². The van der Waals surface area contributed by atoms with E-state index in [1.165, 1.54) is 12.1 Å². The Labute approximate surface area is 159 Å². The molecule has 0 saturated carbocycles. The third-order valence-corrected chi connectivity index (χ3v) is 6.52. The molecule has 7 heteroatoms. The van der Waals surface area contributed by atoms with Crippen molar-refractivity contribution in [3.05, 3.63) is 65.2 Å². The molecular formula is C20H22N2O4S. The largest absolute Gasteiger partial charge is 0.349 e. The minimum absolute atomic E-state index is 0.00139. The maximum Gasteiger partial charge on any atom is 0.269 e. The summed E-state index contributed by atoms with van der Waals surface area (Å²) in [6.45, 7) is 3.79. The molecule has 0 aromatic heterocycles. The van der Waals surface area contributed by atoms with Gasteiger partial charge in [0.15, 0.2) is 0 Å². The first kappa shape index (κ1) is 19.1. The lowest BCUT2D eigenvalue weighted by Gasteiger charge is -2.19. The van der Waals surface area contributed by atoms with E-state index in [0.717, 1.165) is 15.4 Å². The summed E-state index contributed by atoms with van der Waals surface area (Å²) in [7, 11) is -3.88. The molecule has 0 spiro atoms. The van der Waals surface area contributed by atoms with E-state index in [1.807, 2.05) is 38.1 Å². The summed E-state index contributed by atoms with van der Waals surface area (Å²) >= 11 is 0. The summed E-state index contributed by atoms with van der Waals surface area (Å²) in [5.74, 6) is -0.870. The standard InChI is InChI=1S/C20H22N2O4S/c1-3-17(15-10-8-14(2)9-11-15)21-19(23)12-13-22-20(24)16-6-4-5-7-18(16)27(22,25)26/h4-11,17H,3,12-13H2,1-2H3,(H,21,23). The first-order valence-corrected chi connectivity index (χ1v) is 10.3. The van der Waals surface area contributed by atoms with E-state index >= 15 is 0 Å². The molecule has 0 bridgehead atoms. The van der Waals surface area contributed by atoms with Gasteiger partial charge in [-0.2, -0.15) is 0 Å². The van der Waals surface area contributed by atoms with E-state index < -0.39 is 15.9 Å². The highest BCUT2D eigenvalue weighted by molar-refractivity contribution is 7.90. The highest BCUT2D eigenvalue weighted by Gasteiger charge is 2.40. The average Bonchev–Trinajstić information content (AvgIpc) is 2.85. The zero-order chi connectivity index (χ0) is 19.6. The molecule has 2 amide bonds. The van der Waals surface area contributed by atoms with E-state index in [4.69, 9.17) is 0 Å². The Kier molecular flexibility index (Phi) is 5.32. The number of sulfonamides is 1. The number of benzene rings is 2. The second-order valence-corrected chi connectivity index (χ2v) is 8.40. The molecule has 2 aromatic rings. The molecule has 1 aliphatic rings. The Bertz CT molecular complexity index is 968. The molecule has 1 aliphatic heterocycles. The van der Waals surface area contributed by atoms with E-state index in [9.17, 15) is 18.0 Å². The van der Waals surface area contributed by atoms with E-state index in [0.29, 0.717) is 6.42 Å². The fourth-order valence-electron chi connectivity index (χ4n) is 3.14. The number of nitrogens with one attached hydrogen (secondary N) is 1. The number of carbonyl (C=O) groups is 2. The second-order valence-electron chi connectivity index (χ2n) is 6.57. The predicted molar refractivity (Wildman–Crippen MR) is 102 cm³/mol. The second kappa shape index (κ2) is 7.52. The van der Waals surface area contributed by atoms with Crippen molar-refractivity contribution < 1.29 is 18.0 Å². The molecule has 142 valence electrons. The maximum atomic E-state index is 12.5. The van der Waals surface area contributed by atoms with Crippen LogP contribution in [0.3, 0.4) is 0 Å². The quantitative estimate of drug-likeness (QED) is 0.827. The van der Waals surface area contributed by atoms with Crippen LogP contribution in [0.15, 0.2) is 53.4 Å². The first-order chi connectivity index (χ1) is 12.8. The summed E-state index contributed by atoms with van der Waals surface area (Å²) < 4.78 is 25.8. The number of hydrogen-bond acceptors (Lipinski definition) is 4. The monoisotopic (exact) mass is 386 g/mol. The fraction of sp³-hybridized carbons (Fsp3) is 0.300. The van der Waals surface area contributed by atoms with Gasteiger partial charge < -0.3 is 5.32 Å². The molecule has 1 N–H and O–H groups in total. The van der Waals surface area contributed by atoms with Crippen LogP contribution in [0.4, 0.5) is 0 Å². The van der Waals surface area contributed by atoms with Gasteiger partial charge in [-0.1, -0.05) is 48.9 Å². The normalized spacial score (nSPS) is 16.1. The molecule has 1 atom stereocenters. The summed E-state index contributed by atoms with van der Waals surface area (Å²) in [6, 6.07) is 13.8. The van der Waals surface area contributed by atoms with Crippen molar-refractivity contribution in [1.29, 1.82) is 0 Å². The van der Waals surface area contributed by atoms with Crippen molar-refractivity contribution >= 4 is 21.8 Å². The van der Waals surface area contributed by atoms with Crippen LogP contribution in [0, 0.1) is 6.92 Å². The van der Waals surface area contributed by atoms with Crippen molar-refractivity contribution in [2.75, 3.05) is 6.54 Å². The van der Waals surface area contributed by atoms with Crippen molar-refractivity contribution in [3.8, 4) is 0 Å². The summed E-state index contributed by atoms with van der Waals surface area (Å²) in [6.07, 6.45) is 0.627. The van der Waals surface area contributed by atoms with Crippen molar-refractivity contribution in [2.24, 2.45) is 0 Å². The number of rotatable bonds is 6. The van der Waals surface area contributed by atoms with Crippen LogP contribution < -0.4 is 5.32 Å². The summed E-state index contributed by atoms with van der Waals surface area (Å²) in [5.41, 5.74) is 2.29. The van der Waals surface area contributed by atoms with Crippen LogP contribution in [-0.4, -0.2) is 31.1 Å². The molecule has 2 aromatic carbocycles. The number of amides is 2. The lowest BCUT2D eigenvalue weighted by atomic mass is 10.0. The number of aryl methyl sites for hydroxylation is 1. The lowest BCUT2D eigenvalue weighted by Crippen LogP contribution is -2.35. The zero-order valence-electron chi connectivity index (χ0n) is 15.3. The van der Waals surface area contributed by atoms with Gasteiger partial charge in [-0.15, -0.1) is 0 Å². The Morgan fingerprint density at radius 3 is 2.41 bits per heavy atom. The van der Waals surface area contributed by atoms with Crippen molar-refractivity contribution in [2.45, 2.75) is 37.6 Å². The molecule has 0 saturated heterocycles. The third kappa shape index (κ3) is 3.73. The third-order valence-electron chi connectivity index (χ3n) is 4.68. The Morgan fingerprint density at radius 1 is 1.11 bits per heavy atom. The number of fused-ring (bicyclic) bond motifs is 1. The zero-order valence-corrected chi connectivity index (χ0v) is 16.1. The average molecular weight is 386 g/mol. The molecule has 0 fully saturated rings. The number of nitrogens with zero attached hydrogens (tertiary/aromatic N) is 1. The van der Waals surface area contributed by atoms with Gasteiger partial charge >= 0.3 is 0 Å². The SMILES string of the molecule is CCC(NC(=O)CCN1C(=O)c2ccccc2S1(=O)=O)c1ccc(C)cc1. The number of hydrogen-bond donors (Lipinski definition) is 1. The summed E-state index contributed by atoms with van der Waals surface area (Å²) in [5, 5.41) is 2.92. The topological polar surface area (TPSA) is 83.6 Å². The van der Waals surface area contributed by atoms with Gasteiger partial charge in [0.25, 0.3) is 15.9 Å². The molecule has 1 heterocycles. The highest BCUT2D eigenvalue weighted by Crippen LogP contribution is 2.29. The molecular weight excluding hydrogens is 364 g/mol. The Balaban J connectivity index is 1.66. The van der Waals surface area contributed by atoms with Crippen LogP contribution in [0.1, 0.15) is 47.3 Å². The van der Waals surface area contributed by atoms with E-state index in [1.54, 1.807) is 12.1 Å². The molecule has 0 aliphatic carbocycles. The predicted octanol–water partition coefficient (Wildman–Crippen LogP) is 2.80. The summed E-state index contributed by atoms with van der Waals surface area (Å²) in [4.78, 5) is 24.7. The molecule has 3 rings (SSSR count). The molecule has 27 heavy (non-hydrogen) atoms. The van der Waals surface area contributed by atoms with Gasteiger partial charge in [0.2, 0.25) is 5.91 Å². The fourth-order valence-corrected chi connectivity index (χ4v) is 4.71. The highest BCUT2D eigenvalue weighted by atomic mass is 32.2. The van der Waals surface area contributed by atoms with Gasteiger partial charge in [0, 0.05) is 13.0 Å². The van der Waals surface area contributed by atoms with Crippen LogP contribution in [0.2, 0.25) is 0 Å². The smallest absolute Gasteiger partial charge is 0.269 e. The van der Waals surface area contributed by atoms with Gasteiger partial charge in [0.05, 0.1) is 11.6 Å².